The molecule has 1 heterocycles. The van der Waals surface area contributed by atoms with E-state index in [4.69, 9.17) is 11.6 Å². The number of nitrogens with one attached hydrogen (secondary N) is 1. The number of hydrogen-bond acceptors (Lipinski definition) is 4. The fourth-order valence-electron chi connectivity index (χ4n) is 1.16. The summed E-state index contributed by atoms with van der Waals surface area (Å²) in [5.41, 5.74) is 0.295. The number of nitrogens with zero attached hydrogens (tertiary/aromatic N) is 2. The van der Waals surface area contributed by atoms with E-state index in [0.717, 1.165) is 12.2 Å². The SMILES string of the molecule is CCC(CSC)NC(=O)c1ccc(Cl)nn1. The predicted molar refractivity (Wildman–Crippen MR) is 67.0 cm³/mol. The molecule has 0 aliphatic carbocycles. The van der Waals surface area contributed by atoms with Crippen molar-refractivity contribution in [1.29, 1.82) is 0 Å². The van der Waals surface area contributed by atoms with Gasteiger partial charge in [-0.05, 0) is 24.8 Å². The molecular formula is C10H14ClN3OS. The molecule has 1 aromatic rings. The molecule has 1 amide bonds. The van der Waals surface area contributed by atoms with E-state index in [-0.39, 0.29) is 17.1 Å². The maximum absolute atomic E-state index is 11.7. The first kappa shape index (κ1) is 13.3. The zero-order valence-corrected chi connectivity index (χ0v) is 10.8. The van der Waals surface area contributed by atoms with Crippen LogP contribution in [0.25, 0.3) is 0 Å². The monoisotopic (exact) mass is 259 g/mol. The second-order valence-corrected chi connectivity index (χ2v) is 4.57. The molecule has 1 unspecified atom stereocenters. The lowest BCUT2D eigenvalue weighted by Gasteiger charge is -2.14. The van der Waals surface area contributed by atoms with Crippen molar-refractivity contribution in [2.75, 3.05) is 12.0 Å². The van der Waals surface area contributed by atoms with Crippen LogP contribution in [0, 0.1) is 0 Å². The van der Waals surface area contributed by atoms with Gasteiger partial charge in [-0.2, -0.15) is 11.8 Å². The molecule has 1 rings (SSSR count). The summed E-state index contributed by atoms with van der Waals surface area (Å²) in [5, 5.41) is 10.5. The van der Waals surface area contributed by atoms with Crippen molar-refractivity contribution in [1.82, 2.24) is 15.5 Å². The normalized spacial score (nSPS) is 12.2. The lowest BCUT2D eigenvalue weighted by atomic mass is 10.2. The molecule has 0 aliphatic heterocycles. The van der Waals surface area contributed by atoms with Crippen molar-refractivity contribution >= 4 is 29.3 Å². The standard InChI is InChI=1S/C10H14ClN3OS/c1-3-7(6-16-2)12-10(15)8-4-5-9(11)14-13-8/h4-5,7H,3,6H2,1-2H3,(H,12,15). The average molecular weight is 260 g/mol. The zero-order chi connectivity index (χ0) is 12.0. The van der Waals surface area contributed by atoms with E-state index in [1.165, 1.54) is 0 Å². The van der Waals surface area contributed by atoms with Gasteiger partial charge in [0, 0.05) is 11.8 Å². The fourth-order valence-corrected chi connectivity index (χ4v) is 1.98. The third kappa shape index (κ3) is 3.98. The highest BCUT2D eigenvalue weighted by atomic mass is 35.5. The number of thioether (sulfide) groups is 1. The molecule has 0 fully saturated rings. The van der Waals surface area contributed by atoms with Crippen molar-refractivity contribution < 1.29 is 4.79 Å². The van der Waals surface area contributed by atoms with Crippen LogP contribution in [-0.2, 0) is 0 Å². The summed E-state index contributed by atoms with van der Waals surface area (Å²) in [6.07, 6.45) is 2.91. The smallest absolute Gasteiger partial charge is 0.272 e. The molecule has 6 heteroatoms. The summed E-state index contributed by atoms with van der Waals surface area (Å²) in [6, 6.07) is 3.29. The molecule has 0 aromatic carbocycles. The number of amides is 1. The topological polar surface area (TPSA) is 54.9 Å². The molecule has 4 nitrogen and oxygen atoms in total. The Balaban J connectivity index is 2.60. The Bertz CT molecular complexity index is 344. The first-order chi connectivity index (χ1) is 7.67. The van der Waals surface area contributed by atoms with Crippen LogP contribution in [-0.4, -0.2) is 34.2 Å². The highest BCUT2D eigenvalue weighted by Gasteiger charge is 2.12. The lowest BCUT2D eigenvalue weighted by molar-refractivity contribution is 0.0934. The Labute approximate surface area is 104 Å². The molecule has 1 aromatic heterocycles. The molecular weight excluding hydrogens is 246 g/mol. The largest absolute Gasteiger partial charge is 0.347 e. The highest BCUT2D eigenvalue weighted by Crippen LogP contribution is 2.05. The van der Waals surface area contributed by atoms with Crippen LogP contribution >= 0.6 is 23.4 Å². The van der Waals surface area contributed by atoms with Gasteiger partial charge in [0.2, 0.25) is 0 Å². The third-order valence-electron chi connectivity index (χ3n) is 2.06. The molecule has 88 valence electrons. The summed E-state index contributed by atoms with van der Waals surface area (Å²) >= 11 is 7.29. The van der Waals surface area contributed by atoms with E-state index >= 15 is 0 Å². The van der Waals surface area contributed by atoms with Crippen molar-refractivity contribution in [3.63, 3.8) is 0 Å². The molecule has 0 saturated heterocycles. The first-order valence-electron chi connectivity index (χ1n) is 4.96. The number of rotatable bonds is 5. The van der Waals surface area contributed by atoms with Crippen molar-refractivity contribution in [3.05, 3.63) is 23.0 Å². The van der Waals surface area contributed by atoms with E-state index < -0.39 is 0 Å². The number of aromatic nitrogens is 2. The Morgan fingerprint density at radius 2 is 2.31 bits per heavy atom. The summed E-state index contributed by atoms with van der Waals surface area (Å²) < 4.78 is 0. The second-order valence-electron chi connectivity index (χ2n) is 3.28. The van der Waals surface area contributed by atoms with Crippen molar-refractivity contribution in [3.8, 4) is 0 Å². The number of carbonyl (C=O) groups is 1. The van der Waals surface area contributed by atoms with Gasteiger partial charge in [-0.25, -0.2) is 0 Å². The van der Waals surface area contributed by atoms with Gasteiger partial charge in [0.1, 0.15) is 0 Å². The molecule has 16 heavy (non-hydrogen) atoms. The van der Waals surface area contributed by atoms with Gasteiger partial charge < -0.3 is 5.32 Å². The van der Waals surface area contributed by atoms with E-state index in [2.05, 4.69) is 15.5 Å². The van der Waals surface area contributed by atoms with Crippen LogP contribution < -0.4 is 5.32 Å². The van der Waals surface area contributed by atoms with E-state index in [0.29, 0.717) is 5.69 Å². The Morgan fingerprint density at radius 3 is 2.81 bits per heavy atom. The minimum absolute atomic E-state index is 0.167. The first-order valence-corrected chi connectivity index (χ1v) is 6.73. The molecule has 0 spiro atoms. The van der Waals surface area contributed by atoms with Crippen molar-refractivity contribution in [2.24, 2.45) is 0 Å². The van der Waals surface area contributed by atoms with Gasteiger partial charge in [-0.15, -0.1) is 10.2 Å². The molecule has 0 radical (unpaired) electrons. The second kappa shape index (κ2) is 6.70. The summed E-state index contributed by atoms with van der Waals surface area (Å²) in [7, 11) is 0. The summed E-state index contributed by atoms with van der Waals surface area (Å²) in [6.45, 7) is 2.04. The van der Waals surface area contributed by atoms with Crippen LogP contribution in [0.5, 0.6) is 0 Å². The third-order valence-corrected chi connectivity index (χ3v) is 3.00. The van der Waals surface area contributed by atoms with Gasteiger partial charge in [-0.3, -0.25) is 4.79 Å². The number of hydrogen-bond donors (Lipinski definition) is 1. The molecule has 0 bridgehead atoms. The van der Waals surface area contributed by atoms with Gasteiger partial charge in [-0.1, -0.05) is 18.5 Å². The van der Waals surface area contributed by atoms with Crippen LogP contribution in [0.1, 0.15) is 23.8 Å². The van der Waals surface area contributed by atoms with Gasteiger partial charge in [0.15, 0.2) is 10.8 Å². The Kier molecular flexibility index (Phi) is 5.55. The quantitative estimate of drug-likeness (QED) is 0.879. The van der Waals surface area contributed by atoms with Gasteiger partial charge in [0.05, 0.1) is 0 Å². The van der Waals surface area contributed by atoms with Gasteiger partial charge >= 0.3 is 0 Å². The Hall–Kier alpha value is -0.810. The minimum atomic E-state index is -0.204. The van der Waals surface area contributed by atoms with Crippen molar-refractivity contribution in [2.45, 2.75) is 19.4 Å². The number of halogens is 1. The van der Waals surface area contributed by atoms with E-state index in [1.54, 1.807) is 23.9 Å². The maximum atomic E-state index is 11.7. The number of carbonyl (C=O) groups excluding carboxylic acids is 1. The van der Waals surface area contributed by atoms with E-state index in [9.17, 15) is 4.79 Å². The maximum Gasteiger partial charge on any atom is 0.272 e. The van der Waals surface area contributed by atoms with Crippen LogP contribution in [0.4, 0.5) is 0 Å². The predicted octanol–water partition coefficient (Wildman–Crippen LogP) is 2.00. The van der Waals surface area contributed by atoms with Gasteiger partial charge in [0.25, 0.3) is 5.91 Å². The van der Waals surface area contributed by atoms with Crippen LogP contribution in [0.2, 0.25) is 5.15 Å². The van der Waals surface area contributed by atoms with E-state index in [1.807, 2.05) is 13.2 Å². The average Bonchev–Trinajstić information content (AvgIpc) is 2.29. The molecule has 1 N–H and O–H groups in total. The molecule has 0 aliphatic rings. The molecule has 0 saturated carbocycles. The lowest BCUT2D eigenvalue weighted by Crippen LogP contribution is -2.36. The van der Waals surface area contributed by atoms with Crippen LogP contribution in [0.3, 0.4) is 0 Å². The minimum Gasteiger partial charge on any atom is -0.347 e. The molecule has 1 atom stereocenters. The fraction of sp³-hybridized carbons (Fsp3) is 0.500. The summed E-state index contributed by atoms with van der Waals surface area (Å²) in [4.78, 5) is 11.7. The summed E-state index contributed by atoms with van der Waals surface area (Å²) in [5.74, 6) is 0.688. The Morgan fingerprint density at radius 1 is 1.56 bits per heavy atom. The highest BCUT2D eigenvalue weighted by molar-refractivity contribution is 7.98. The van der Waals surface area contributed by atoms with Crippen LogP contribution in [0.15, 0.2) is 12.1 Å². The zero-order valence-electron chi connectivity index (χ0n) is 9.24.